The second-order valence-electron chi connectivity index (χ2n) is 6.47. The van der Waals surface area contributed by atoms with Gasteiger partial charge in [0.05, 0.1) is 23.6 Å². The topological polar surface area (TPSA) is 66.8 Å². The lowest BCUT2D eigenvalue weighted by Gasteiger charge is -2.22. The second-order valence-corrected chi connectivity index (χ2v) is 6.74. The van der Waals surface area contributed by atoms with E-state index in [0.717, 1.165) is 13.0 Å². The summed E-state index contributed by atoms with van der Waals surface area (Å²) in [5.41, 5.74) is 1.12. The van der Waals surface area contributed by atoms with Crippen LogP contribution in [0.2, 0.25) is 0 Å². The van der Waals surface area contributed by atoms with Crippen LogP contribution in [0.3, 0.4) is 0 Å². The van der Waals surface area contributed by atoms with Gasteiger partial charge in [-0.15, -0.1) is 11.6 Å². The van der Waals surface area contributed by atoms with Crippen LogP contribution in [0.4, 0.5) is 0 Å². The van der Waals surface area contributed by atoms with Gasteiger partial charge >= 0.3 is 0 Å². The molecule has 1 N–H and O–H groups in total. The van der Waals surface area contributed by atoms with Gasteiger partial charge in [-0.1, -0.05) is 18.2 Å². The minimum absolute atomic E-state index is 0.00462. The molecule has 6 heteroatoms. The van der Waals surface area contributed by atoms with Crippen molar-refractivity contribution >= 4 is 23.2 Å². The molecule has 5 nitrogen and oxygen atoms in total. The predicted octanol–water partition coefficient (Wildman–Crippen LogP) is 3.24. The first-order valence-corrected chi connectivity index (χ1v) is 8.90. The zero-order valence-corrected chi connectivity index (χ0v) is 15.5. The monoisotopic (exact) mass is 373 g/mol. The smallest absolute Gasteiger partial charge is 0.201 e. The SMILES string of the molecule is CN(C)CCCOc1cccc2c1C(=O)c1c(ccc(CCl)c1O)C2=O. The molecule has 136 valence electrons. The van der Waals surface area contributed by atoms with Gasteiger partial charge in [-0.25, -0.2) is 0 Å². The van der Waals surface area contributed by atoms with Crippen LogP contribution >= 0.6 is 11.6 Å². The van der Waals surface area contributed by atoms with E-state index in [0.29, 0.717) is 23.5 Å². The zero-order valence-electron chi connectivity index (χ0n) is 14.7. The van der Waals surface area contributed by atoms with Gasteiger partial charge in [0.1, 0.15) is 11.5 Å². The first-order chi connectivity index (χ1) is 12.5. The molecular weight excluding hydrogens is 354 g/mol. The van der Waals surface area contributed by atoms with Gasteiger partial charge in [0.2, 0.25) is 5.78 Å². The number of carbonyl (C=O) groups excluding carboxylic acids is 2. The quantitative estimate of drug-likeness (QED) is 0.530. The molecule has 0 saturated carbocycles. The van der Waals surface area contributed by atoms with Crippen molar-refractivity contribution < 1.29 is 19.4 Å². The van der Waals surface area contributed by atoms with E-state index in [-0.39, 0.29) is 34.1 Å². The van der Waals surface area contributed by atoms with Gasteiger partial charge in [0.15, 0.2) is 5.78 Å². The van der Waals surface area contributed by atoms with Gasteiger partial charge in [-0.3, -0.25) is 9.59 Å². The Morgan fingerprint density at radius 1 is 1.04 bits per heavy atom. The van der Waals surface area contributed by atoms with Crippen molar-refractivity contribution in [1.82, 2.24) is 4.90 Å². The summed E-state index contributed by atoms with van der Waals surface area (Å²) < 4.78 is 5.78. The van der Waals surface area contributed by atoms with Crippen LogP contribution < -0.4 is 4.74 Å². The van der Waals surface area contributed by atoms with Gasteiger partial charge in [0.25, 0.3) is 0 Å². The number of halogens is 1. The molecule has 0 fully saturated rings. The number of nitrogens with zero attached hydrogens (tertiary/aromatic N) is 1. The Bertz CT molecular complexity index is 876. The highest BCUT2D eigenvalue weighted by Crippen LogP contribution is 2.38. The largest absolute Gasteiger partial charge is 0.507 e. The third-order valence-electron chi connectivity index (χ3n) is 4.38. The average molecular weight is 374 g/mol. The molecule has 0 amide bonds. The number of phenols is 1. The van der Waals surface area contributed by atoms with Crippen LogP contribution in [0.15, 0.2) is 30.3 Å². The number of benzene rings is 2. The highest BCUT2D eigenvalue weighted by Gasteiger charge is 2.35. The molecule has 2 aromatic carbocycles. The minimum atomic E-state index is -0.415. The van der Waals surface area contributed by atoms with Crippen LogP contribution in [0.5, 0.6) is 11.5 Å². The molecule has 0 spiro atoms. The van der Waals surface area contributed by atoms with Gasteiger partial charge in [-0.05, 0) is 32.6 Å². The third-order valence-corrected chi connectivity index (χ3v) is 4.67. The first kappa shape index (κ1) is 18.4. The van der Waals surface area contributed by atoms with E-state index >= 15 is 0 Å². The second kappa shape index (κ2) is 7.48. The van der Waals surface area contributed by atoms with E-state index < -0.39 is 5.78 Å². The summed E-state index contributed by atoms with van der Waals surface area (Å²) in [6.07, 6.45) is 0.789. The molecular formula is C20H20ClNO4. The number of hydrogen-bond donors (Lipinski definition) is 1. The Hall–Kier alpha value is -2.37. The number of carbonyl (C=O) groups is 2. The van der Waals surface area contributed by atoms with Crippen molar-refractivity contribution in [2.75, 3.05) is 27.2 Å². The van der Waals surface area contributed by atoms with E-state index in [1.54, 1.807) is 30.3 Å². The molecule has 1 aliphatic carbocycles. The number of rotatable bonds is 6. The molecule has 2 aromatic rings. The maximum atomic E-state index is 13.1. The number of ether oxygens (including phenoxy) is 1. The number of aromatic hydroxyl groups is 1. The third kappa shape index (κ3) is 3.20. The van der Waals surface area contributed by atoms with Crippen molar-refractivity contribution in [3.63, 3.8) is 0 Å². The molecule has 0 heterocycles. The maximum Gasteiger partial charge on any atom is 0.201 e. The highest BCUT2D eigenvalue weighted by molar-refractivity contribution is 6.30. The van der Waals surface area contributed by atoms with Crippen molar-refractivity contribution in [3.05, 3.63) is 58.1 Å². The standard InChI is InChI=1S/C20H20ClNO4/c1-22(2)9-4-10-26-15-6-3-5-13-16(15)20(25)17-14(19(13)24)8-7-12(11-21)18(17)23/h3,5-8,23H,4,9-11H2,1-2H3. The van der Waals surface area contributed by atoms with Crippen molar-refractivity contribution in [2.45, 2.75) is 12.3 Å². The Morgan fingerprint density at radius 3 is 2.46 bits per heavy atom. The fourth-order valence-corrected chi connectivity index (χ4v) is 3.28. The molecule has 0 saturated heterocycles. The van der Waals surface area contributed by atoms with Crippen LogP contribution in [-0.4, -0.2) is 48.8 Å². The molecule has 0 radical (unpaired) electrons. The van der Waals surface area contributed by atoms with Gasteiger partial charge in [-0.2, -0.15) is 0 Å². The lowest BCUT2D eigenvalue weighted by atomic mass is 9.82. The number of ketones is 2. The number of alkyl halides is 1. The summed E-state index contributed by atoms with van der Waals surface area (Å²) in [5, 5.41) is 10.4. The number of phenolic OH excluding ortho intramolecular Hbond substituents is 1. The average Bonchev–Trinajstić information content (AvgIpc) is 2.62. The summed E-state index contributed by atoms with van der Waals surface area (Å²) >= 11 is 5.82. The van der Waals surface area contributed by atoms with Gasteiger partial charge < -0.3 is 14.7 Å². The van der Waals surface area contributed by atoms with Gasteiger partial charge in [0, 0.05) is 23.2 Å². The van der Waals surface area contributed by atoms with Crippen LogP contribution in [0, 0.1) is 0 Å². The normalized spacial score (nSPS) is 12.9. The molecule has 0 bridgehead atoms. The summed E-state index contributed by atoms with van der Waals surface area (Å²) in [6.45, 7) is 1.28. The number of hydrogen-bond acceptors (Lipinski definition) is 5. The van der Waals surface area contributed by atoms with E-state index in [4.69, 9.17) is 16.3 Å². The van der Waals surface area contributed by atoms with E-state index in [2.05, 4.69) is 0 Å². The fraction of sp³-hybridized carbons (Fsp3) is 0.300. The van der Waals surface area contributed by atoms with E-state index in [1.807, 2.05) is 19.0 Å². The van der Waals surface area contributed by atoms with Crippen molar-refractivity contribution in [2.24, 2.45) is 0 Å². The molecule has 0 aliphatic heterocycles. The van der Waals surface area contributed by atoms with Crippen LogP contribution in [0.25, 0.3) is 0 Å². The molecule has 3 rings (SSSR count). The Kier molecular flexibility index (Phi) is 5.30. The minimum Gasteiger partial charge on any atom is -0.507 e. The predicted molar refractivity (Wildman–Crippen MR) is 99.6 cm³/mol. The van der Waals surface area contributed by atoms with Crippen molar-refractivity contribution in [3.8, 4) is 11.5 Å². The van der Waals surface area contributed by atoms with E-state index in [9.17, 15) is 14.7 Å². The Labute approximate surface area is 157 Å². The summed E-state index contributed by atoms with van der Waals surface area (Å²) in [7, 11) is 3.95. The van der Waals surface area contributed by atoms with Crippen molar-refractivity contribution in [1.29, 1.82) is 0 Å². The first-order valence-electron chi connectivity index (χ1n) is 8.36. The molecule has 26 heavy (non-hydrogen) atoms. The maximum absolute atomic E-state index is 13.1. The van der Waals surface area contributed by atoms with E-state index in [1.165, 1.54) is 0 Å². The highest BCUT2D eigenvalue weighted by atomic mass is 35.5. The fourth-order valence-electron chi connectivity index (χ4n) is 3.07. The Morgan fingerprint density at radius 2 is 1.77 bits per heavy atom. The Balaban J connectivity index is 2.00. The molecule has 0 aromatic heterocycles. The summed E-state index contributed by atoms with van der Waals surface area (Å²) in [5.74, 6) is -0.535. The molecule has 0 atom stereocenters. The lowest BCUT2D eigenvalue weighted by Crippen LogP contribution is -2.23. The summed E-state index contributed by atoms with van der Waals surface area (Å²) in [6, 6.07) is 8.09. The van der Waals surface area contributed by atoms with Crippen LogP contribution in [0.1, 0.15) is 43.8 Å². The molecule has 0 unspecified atom stereocenters. The van der Waals surface area contributed by atoms with Crippen LogP contribution in [-0.2, 0) is 5.88 Å². The summed E-state index contributed by atoms with van der Waals surface area (Å²) in [4.78, 5) is 27.9. The zero-order chi connectivity index (χ0) is 18.8. The number of fused-ring (bicyclic) bond motifs is 2. The molecule has 1 aliphatic rings. The lowest BCUT2D eigenvalue weighted by molar-refractivity contribution is 0.0973.